The number of ketones is 1. The number of benzene rings is 2. The number of hydrogen-bond acceptors (Lipinski definition) is 2. The lowest BCUT2D eigenvalue weighted by Crippen LogP contribution is -2.03. The number of carbonyl (C=O) groups is 1. The van der Waals surface area contributed by atoms with Gasteiger partial charge in [0.25, 0.3) is 0 Å². The number of rotatable bonds is 3. The second-order valence-corrected chi connectivity index (χ2v) is 4.64. The van der Waals surface area contributed by atoms with Crippen molar-refractivity contribution in [3.8, 4) is 0 Å². The molecule has 1 aromatic heterocycles. The second kappa shape index (κ2) is 5.21. The lowest BCUT2D eigenvalue weighted by Gasteiger charge is -2.03. The summed E-state index contributed by atoms with van der Waals surface area (Å²) >= 11 is 0. The van der Waals surface area contributed by atoms with Gasteiger partial charge < -0.3 is 0 Å². The molecule has 0 amide bonds. The van der Waals surface area contributed by atoms with E-state index in [0.29, 0.717) is 5.56 Å². The summed E-state index contributed by atoms with van der Waals surface area (Å²) in [6.07, 6.45) is 1.97. The van der Waals surface area contributed by atoms with E-state index in [2.05, 4.69) is 4.98 Å². The highest BCUT2D eigenvalue weighted by molar-refractivity contribution is 6.00. The number of fused-ring (bicyclic) bond motifs is 1. The maximum absolute atomic E-state index is 12.8. The Balaban J connectivity index is 1.86. The summed E-state index contributed by atoms with van der Waals surface area (Å²) in [5.41, 5.74) is 2.23. The van der Waals surface area contributed by atoms with Crippen LogP contribution >= 0.6 is 0 Å². The molecule has 0 aliphatic heterocycles. The maximum atomic E-state index is 12.8. The molecule has 0 atom stereocenters. The first kappa shape index (κ1) is 12.5. The third kappa shape index (κ3) is 2.57. The summed E-state index contributed by atoms with van der Waals surface area (Å²) in [7, 11) is 0. The topological polar surface area (TPSA) is 30.0 Å². The van der Waals surface area contributed by atoms with E-state index in [1.165, 1.54) is 12.1 Å². The first-order valence-electron chi connectivity index (χ1n) is 6.35. The molecule has 0 bridgehead atoms. The fourth-order valence-corrected chi connectivity index (χ4v) is 2.13. The highest BCUT2D eigenvalue weighted by Crippen LogP contribution is 2.15. The summed E-state index contributed by atoms with van der Waals surface area (Å²) in [6.45, 7) is 0. The average molecular weight is 265 g/mol. The van der Waals surface area contributed by atoms with Crippen LogP contribution in [0, 0.1) is 5.82 Å². The zero-order valence-corrected chi connectivity index (χ0v) is 10.7. The molecule has 3 rings (SSSR count). The van der Waals surface area contributed by atoms with Crippen molar-refractivity contribution in [3.63, 3.8) is 0 Å². The molecule has 98 valence electrons. The minimum Gasteiger partial charge on any atom is -0.294 e. The minimum absolute atomic E-state index is 0.00385. The fraction of sp³-hybridized carbons (Fsp3) is 0.0588. The van der Waals surface area contributed by atoms with Crippen LogP contribution in [0.15, 0.2) is 60.8 Å². The third-order valence-corrected chi connectivity index (χ3v) is 3.21. The highest BCUT2D eigenvalue weighted by Gasteiger charge is 2.08. The van der Waals surface area contributed by atoms with Crippen LogP contribution in [0.25, 0.3) is 10.9 Å². The van der Waals surface area contributed by atoms with Gasteiger partial charge in [0.05, 0.1) is 5.52 Å². The Labute approximate surface area is 115 Å². The molecule has 0 saturated heterocycles. The van der Waals surface area contributed by atoms with Gasteiger partial charge in [-0.15, -0.1) is 0 Å². The number of aromatic nitrogens is 1. The Morgan fingerprint density at radius 3 is 2.65 bits per heavy atom. The van der Waals surface area contributed by atoms with Crippen LogP contribution in [0.4, 0.5) is 4.39 Å². The van der Waals surface area contributed by atoms with Crippen molar-refractivity contribution in [1.29, 1.82) is 0 Å². The quantitative estimate of drug-likeness (QED) is 0.674. The zero-order valence-electron chi connectivity index (χ0n) is 10.7. The molecule has 0 saturated carbocycles. The van der Waals surface area contributed by atoms with Crippen molar-refractivity contribution in [2.75, 3.05) is 0 Å². The number of carbonyl (C=O) groups excluding carboxylic acids is 1. The van der Waals surface area contributed by atoms with Crippen molar-refractivity contribution in [1.82, 2.24) is 4.98 Å². The largest absolute Gasteiger partial charge is 0.294 e. The number of hydrogen-bond donors (Lipinski definition) is 0. The summed E-state index contributed by atoms with van der Waals surface area (Å²) in [5, 5.41) is 1.01. The third-order valence-electron chi connectivity index (χ3n) is 3.21. The van der Waals surface area contributed by atoms with Crippen LogP contribution in [0.3, 0.4) is 0 Å². The van der Waals surface area contributed by atoms with E-state index < -0.39 is 0 Å². The van der Waals surface area contributed by atoms with E-state index >= 15 is 0 Å². The molecule has 20 heavy (non-hydrogen) atoms. The minimum atomic E-state index is -0.295. The van der Waals surface area contributed by atoms with E-state index in [1.54, 1.807) is 30.5 Å². The number of nitrogens with zero attached hydrogens (tertiary/aromatic N) is 1. The molecule has 0 spiro atoms. The SMILES string of the molecule is O=C(Cc1ccc(F)cc1)c1ccc2cccnc2c1. The average Bonchev–Trinajstić information content (AvgIpc) is 2.49. The molecular weight excluding hydrogens is 253 g/mol. The molecule has 0 radical (unpaired) electrons. The molecule has 0 aliphatic rings. The van der Waals surface area contributed by atoms with Crippen molar-refractivity contribution in [2.24, 2.45) is 0 Å². The Morgan fingerprint density at radius 1 is 1.05 bits per heavy atom. The van der Waals surface area contributed by atoms with Gasteiger partial charge in [-0.05, 0) is 29.8 Å². The molecule has 2 nitrogen and oxygen atoms in total. The zero-order chi connectivity index (χ0) is 13.9. The van der Waals surface area contributed by atoms with E-state index in [4.69, 9.17) is 0 Å². The summed E-state index contributed by atoms with van der Waals surface area (Å²) in [5.74, 6) is -0.291. The number of halogens is 1. The first-order chi connectivity index (χ1) is 9.72. The Bertz CT molecular complexity index is 765. The van der Waals surface area contributed by atoms with Crippen molar-refractivity contribution < 1.29 is 9.18 Å². The van der Waals surface area contributed by atoms with Gasteiger partial charge in [0.2, 0.25) is 0 Å². The Morgan fingerprint density at radius 2 is 1.85 bits per heavy atom. The number of Topliss-reactive ketones (excluding diaryl/α,β-unsaturated/α-hetero) is 1. The van der Waals surface area contributed by atoms with Crippen LogP contribution in [0.1, 0.15) is 15.9 Å². The van der Waals surface area contributed by atoms with Crippen LogP contribution in [-0.4, -0.2) is 10.8 Å². The molecule has 1 heterocycles. The predicted molar refractivity (Wildman–Crippen MR) is 76.2 cm³/mol. The van der Waals surface area contributed by atoms with Crippen molar-refractivity contribution in [3.05, 3.63) is 77.7 Å². The Hall–Kier alpha value is -2.55. The van der Waals surface area contributed by atoms with Crippen molar-refractivity contribution >= 4 is 16.7 Å². The van der Waals surface area contributed by atoms with E-state index in [1.807, 2.05) is 18.2 Å². The van der Waals surface area contributed by atoms with Crippen LogP contribution in [-0.2, 0) is 6.42 Å². The van der Waals surface area contributed by atoms with Gasteiger partial charge in [-0.25, -0.2) is 4.39 Å². The van der Waals surface area contributed by atoms with Crippen molar-refractivity contribution in [2.45, 2.75) is 6.42 Å². The monoisotopic (exact) mass is 265 g/mol. The van der Waals surface area contributed by atoms with E-state index in [0.717, 1.165) is 16.5 Å². The number of pyridine rings is 1. The molecule has 0 N–H and O–H groups in total. The molecular formula is C17H12FNO. The molecule has 3 aromatic rings. The summed E-state index contributed by atoms with van der Waals surface area (Å²) < 4.78 is 12.8. The van der Waals surface area contributed by atoms with Crippen LogP contribution < -0.4 is 0 Å². The summed E-state index contributed by atoms with van der Waals surface area (Å²) in [4.78, 5) is 16.5. The Kier molecular flexibility index (Phi) is 3.25. The molecule has 0 aliphatic carbocycles. The smallest absolute Gasteiger partial charge is 0.167 e. The lowest BCUT2D eigenvalue weighted by molar-refractivity contribution is 0.0993. The van der Waals surface area contributed by atoms with Gasteiger partial charge in [-0.2, -0.15) is 0 Å². The van der Waals surface area contributed by atoms with Gasteiger partial charge in [0, 0.05) is 23.6 Å². The van der Waals surface area contributed by atoms with E-state index in [9.17, 15) is 9.18 Å². The molecule has 2 aromatic carbocycles. The van der Waals surface area contributed by atoms with Gasteiger partial charge in [0.1, 0.15) is 5.82 Å². The van der Waals surface area contributed by atoms with Gasteiger partial charge in [0.15, 0.2) is 5.78 Å². The molecule has 0 fully saturated rings. The highest BCUT2D eigenvalue weighted by atomic mass is 19.1. The normalized spacial score (nSPS) is 10.7. The molecule has 0 unspecified atom stereocenters. The predicted octanol–water partition coefficient (Wildman–Crippen LogP) is 3.80. The fourth-order valence-electron chi connectivity index (χ4n) is 2.13. The van der Waals surface area contributed by atoms with Gasteiger partial charge >= 0.3 is 0 Å². The summed E-state index contributed by atoms with van der Waals surface area (Å²) in [6, 6.07) is 15.3. The van der Waals surface area contributed by atoms with Gasteiger partial charge in [-0.1, -0.05) is 30.3 Å². The lowest BCUT2D eigenvalue weighted by atomic mass is 10.0. The van der Waals surface area contributed by atoms with Crippen LogP contribution in [0.5, 0.6) is 0 Å². The van der Waals surface area contributed by atoms with Gasteiger partial charge in [-0.3, -0.25) is 9.78 Å². The maximum Gasteiger partial charge on any atom is 0.167 e. The van der Waals surface area contributed by atoms with Crippen LogP contribution in [0.2, 0.25) is 0 Å². The van der Waals surface area contributed by atoms with E-state index in [-0.39, 0.29) is 18.0 Å². The molecule has 3 heteroatoms. The standard InChI is InChI=1S/C17H12FNO/c18-15-7-3-12(4-8-15)10-17(20)14-6-5-13-2-1-9-19-16(13)11-14/h1-9,11H,10H2. The first-order valence-corrected chi connectivity index (χ1v) is 6.35. The second-order valence-electron chi connectivity index (χ2n) is 4.64.